The Balaban J connectivity index is 2.33. The van der Waals surface area contributed by atoms with E-state index < -0.39 is 8.07 Å². The van der Waals surface area contributed by atoms with Crippen LogP contribution in [0.15, 0.2) is 24.3 Å². The summed E-state index contributed by atoms with van der Waals surface area (Å²) in [5.41, 5.74) is 1.38. The second-order valence-electron chi connectivity index (χ2n) is 3.93. The van der Waals surface area contributed by atoms with Gasteiger partial charge in [0.2, 0.25) is 0 Å². The van der Waals surface area contributed by atoms with Crippen molar-refractivity contribution < 1.29 is 0 Å². The molecule has 0 atom stereocenters. The first-order chi connectivity index (χ1) is 5.21. The highest BCUT2D eigenvalue weighted by Crippen LogP contribution is 2.34. The van der Waals surface area contributed by atoms with E-state index in [-0.39, 0.29) is 0 Å². The molecule has 1 aliphatic rings. The lowest BCUT2D eigenvalue weighted by Crippen LogP contribution is -2.28. The van der Waals surface area contributed by atoms with E-state index in [0.717, 1.165) is 0 Å². The molecule has 1 fully saturated rings. The summed E-state index contributed by atoms with van der Waals surface area (Å²) in [6, 6.07) is 12.2. The number of hydrogen-bond donors (Lipinski definition) is 0. The zero-order chi connectivity index (χ0) is 7.90. The third-order valence-corrected chi connectivity index (χ3v) is 6.48. The smallest absolute Gasteiger partial charge is 0.0652 e. The summed E-state index contributed by atoms with van der Waals surface area (Å²) in [6.45, 7) is 4.64. The largest absolute Gasteiger partial charge is 0.0831 e. The van der Waals surface area contributed by atoms with Crippen molar-refractivity contribution in [1.82, 2.24) is 0 Å². The molecule has 0 unspecified atom stereocenters. The number of rotatable bonds is 1. The molecule has 1 aromatic rings. The van der Waals surface area contributed by atoms with Crippen LogP contribution in [0.3, 0.4) is 0 Å². The second kappa shape index (κ2) is 2.21. The van der Waals surface area contributed by atoms with E-state index >= 15 is 0 Å². The van der Waals surface area contributed by atoms with E-state index in [1.54, 1.807) is 5.19 Å². The number of benzene rings is 1. The monoisotopic (exact) mass is 162 g/mol. The summed E-state index contributed by atoms with van der Waals surface area (Å²) in [6.07, 6.45) is 0. The Bertz CT molecular complexity index is 257. The Hall–Kier alpha value is -0.563. The lowest BCUT2D eigenvalue weighted by molar-refractivity contribution is 1.49. The van der Waals surface area contributed by atoms with Gasteiger partial charge in [-0.2, -0.15) is 0 Å². The van der Waals surface area contributed by atoms with E-state index in [4.69, 9.17) is 0 Å². The van der Waals surface area contributed by atoms with Gasteiger partial charge in [0, 0.05) is 0 Å². The summed E-state index contributed by atoms with van der Waals surface area (Å²) < 4.78 is 0. The average Bonchev–Trinajstić information content (AvgIpc) is 2.70. The van der Waals surface area contributed by atoms with Crippen LogP contribution in [0.2, 0.25) is 18.6 Å². The molecule has 1 aliphatic heterocycles. The van der Waals surface area contributed by atoms with Gasteiger partial charge in [-0.1, -0.05) is 53.7 Å². The fourth-order valence-corrected chi connectivity index (χ4v) is 4.48. The standard InChI is InChI=1S/C10H14Si/c1-9-3-5-10(6-4-9)11(2)7-8-11/h3-6H,7-8H2,1-2H3. The predicted octanol–water partition coefficient (Wildman–Crippen LogP) is 2.29. The summed E-state index contributed by atoms with van der Waals surface area (Å²) in [5.74, 6) is 0. The van der Waals surface area contributed by atoms with Gasteiger partial charge in [0.15, 0.2) is 0 Å². The normalized spacial score (nSPS) is 19.8. The molecule has 0 bridgehead atoms. The lowest BCUT2D eigenvalue weighted by Gasteiger charge is -2.05. The third-order valence-electron chi connectivity index (χ3n) is 2.75. The summed E-state index contributed by atoms with van der Waals surface area (Å²) in [4.78, 5) is 0. The average molecular weight is 162 g/mol. The van der Waals surface area contributed by atoms with Crippen LogP contribution >= 0.6 is 0 Å². The molecule has 0 nitrogen and oxygen atoms in total. The van der Waals surface area contributed by atoms with Crippen LogP contribution < -0.4 is 5.19 Å². The highest BCUT2D eigenvalue weighted by atomic mass is 28.3. The molecule has 1 heteroatoms. The fraction of sp³-hybridized carbons (Fsp3) is 0.400. The second-order valence-corrected chi connectivity index (χ2v) is 8.63. The molecule has 1 aromatic carbocycles. The van der Waals surface area contributed by atoms with Gasteiger partial charge < -0.3 is 0 Å². The zero-order valence-corrected chi connectivity index (χ0v) is 8.22. The van der Waals surface area contributed by atoms with E-state index in [0.29, 0.717) is 0 Å². The minimum absolute atomic E-state index is 0.806. The predicted molar refractivity (Wildman–Crippen MR) is 52.0 cm³/mol. The Morgan fingerprint density at radius 3 is 2.09 bits per heavy atom. The molecule has 0 aliphatic carbocycles. The van der Waals surface area contributed by atoms with E-state index in [1.165, 1.54) is 17.7 Å². The SMILES string of the molecule is Cc1ccc([Si]2(C)CC2)cc1. The van der Waals surface area contributed by atoms with Crippen LogP contribution in [-0.4, -0.2) is 8.07 Å². The lowest BCUT2D eigenvalue weighted by atomic mass is 10.2. The van der Waals surface area contributed by atoms with E-state index in [1.807, 2.05) is 0 Å². The van der Waals surface area contributed by atoms with Crippen molar-refractivity contribution in [2.75, 3.05) is 0 Å². The summed E-state index contributed by atoms with van der Waals surface area (Å²) in [7, 11) is -0.806. The summed E-state index contributed by atoms with van der Waals surface area (Å²) >= 11 is 0. The van der Waals surface area contributed by atoms with Gasteiger partial charge in [-0.05, 0) is 6.92 Å². The molecule has 2 rings (SSSR count). The summed E-state index contributed by atoms with van der Waals surface area (Å²) in [5, 5.41) is 1.66. The molecule has 0 spiro atoms. The quantitative estimate of drug-likeness (QED) is 0.556. The molecule has 0 amide bonds. The minimum Gasteiger partial charge on any atom is -0.0652 e. The van der Waals surface area contributed by atoms with Crippen molar-refractivity contribution in [3.8, 4) is 0 Å². The molecule has 58 valence electrons. The Labute approximate surface area is 69.3 Å². The first-order valence-electron chi connectivity index (χ1n) is 4.28. The molecule has 1 heterocycles. The maximum Gasteiger partial charge on any atom is 0.0831 e. The maximum atomic E-state index is 2.48. The minimum atomic E-state index is -0.806. The Kier molecular flexibility index (Phi) is 1.43. The first kappa shape index (κ1) is 7.11. The highest BCUT2D eigenvalue weighted by Gasteiger charge is 2.41. The highest BCUT2D eigenvalue weighted by molar-refractivity contribution is 6.99. The van der Waals surface area contributed by atoms with Crippen molar-refractivity contribution in [3.63, 3.8) is 0 Å². The van der Waals surface area contributed by atoms with Gasteiger partial charge in [-0.25, -0.2) is 0 Å². The third kappa shape index (κ3) is 1.25. The van der Waals surface area contributed by atoms with Crippen LogP contribution in [0.1, 0.15) is 5.56 Å². The topological polar surface area (TPSA) is 0 Å². The molecule has 0 N–H and O–H groups in total. The van der Waals surface area contributed by atoms with Crippen molar-refractivity contribution in [3.05, 3.63) is 29.8 Å². The van der Waals surface area contributed by atoms with E-state index in [2.05, 4.69) is 37.7 Å². The van der Waals surface area contributed by atoms with Crippen molar-refractivity contribution in [2.45, 2.75) is 25.6 Å². The Morgan fingerprint density at radius 2 is 1.64 bits per heavy atom. The van der Waals surface area contributed by atoms with Gasteiger partial charge in [0.25, 0.3) is 0 Å². The molecular weight excluding hydrogens is 148 g/mol. The molecule has 0 radical (unpaired) electrons. The fourth-order valence-electron chi connectivity index (χ4n) is 1.43. The maximum absolute atomic E-state index is 2.48. The number of aryl methyl sites for hydroxylation is 1. The van der Waals surface area contributed by atoms with Gasteiger partial charge in [0.05, 0.1) is 8.07 Å². The van der Waals surface area contributed by atoms with Gasteiger partial charge in [0.1, 0.15) is 0 Å². The van der Waals surface area contributed by atoms with Crippen LogP contribution in [0.25, 0.3) is 0 Å². The first-order valence-corrected chi connectivity index (χ1v) is 7.19. The van der Waals surface area contributed by atoms with Crippen molar-refractivity contribution in [2.24, 2.45) is 0 Å². The van der Waals surface area contributed by atoms with Crippen molar-refractivity contribution in [1.29, 1.82) is 0 Å². The molecular formula is C10H14Si. The van der Waals surface area contributed by atoms with Gasteiger partial charge in [-0.15, -0.1) is 0 Å². The van der Waals surface area contributed by atoms with Crippen LogP contribution in [0, 0.1) is 6.92 Å². The zero-order valence-electron chi connectivity index (χ0n) is 7.22. The van der Waals surface area contributed by atoms with Gasteiger partial charge in [-0.3, -0.25) is 0 Å². The Morgan fingerprint density at radius 1 is 1.09 bits per heavy atom. The van der Waals surface area contributed by atoms with Crippen LogP contribution in [0.5, 0.6) is 0 Å². The molecule has 11 heavy (non-hydrogen) atoms. The van der Waals surface area contributed by atoms with Crippen LogP contribution in [-0.2, 0) is 0 Å². The van der Waals surface area contributed by atoms with Gasteiger partial charge >= 0.3 is 0 Å². The van der Waals surface area contributed by atoms with E-state index in [9.17, 15) is 0 Å². The van der Waals surface area contributed by atoms with Crippen LogP contribution in [0.4, 0.5) is 0 Å². The molecule has 0 saturated carbocycles. The number of hydrogen-bond acceptors (Lipinski definition) is 0. The molecule has 0 aromatic heterocycles. The van der Waals surface area contributed by atoms with Crippen molar-refractivity contribution >= 4 is 13.3 Å². The molecule has 1 saturated heterocycles.